The number of rotatable bonds is 3. The Balaban J connectivity index is 2.18. The standard InChI is InChI=1S/C9H10O2S/c10-9(11)5-8-7(3-4-12-8)6-1-2-6/h3-4,6H,1-2,5H2,(H,10,11). The fourth-order valence-corrected chi connectivity index (χ4v) is 2.35. The Kier molecular flexibility index (Phi) is 1.89. The lowest BCUT2D eigenvalue weighted by atomic mass is 10.1. The number of aliphatic carboxylic acids is 1. The first kappa shape index (κ1) is 7.80. The number of carboxylic acids is 1. The van der Waals surface area contributed by atoms with Crippen molar-refractivity contribution in [3.8, 4) is 0 Å². The van der Waals surface area contributed by atoms with Crippen LogP contribution >= 0.6 is 11.3 Å². The second-order valence-corrected chi connectivity index (χ2v) is 4.14. The van der Waals surface area contributed by atoms with Crippen LogP contribution in [0.25, 0.3) is 0 Å². The van der Waals surface area contributed by atoms with Gasteiger partial charge in [-0.2, -0.15) is 0 Å². The molecule has 1 fully saturated rings. The maximum Gasteiger partial charge on any atom is 0.308 e. The lowest BCUT2D eigenvalue weighted by Crippen LogP contribution is -1.99. The van der Waals surface area contributed by atoms with Crippen molar-refractivity contribution in [1.29, 1.82) is 0 Å². The maximum absolute atomic E-state index is 10.5. The first-order valence-electron chi connectivity index (χ1n) is 4.05. The van der Waals surface area contributed by atoms with Crippen LogP contribution in [0.2, 0.25) is 0 Å². The molecule has 0 atom stereocenters. The van der Waals surface area contributed by atoms with Gasteiger partial charge in [-0.15, -0.1) is 11.3 Å². The molecule has 0 spiro atoms. The molecule has 0 radical (unpaired) electrons. The Morgan fingerprint density at radius 3 is 3.00 bits per heavy atom. The summed E-state index contributed by atoms with van der Waals surface area (Å²) in [5.41, 5.74) is 1.28. The summed E-state index contributed by atoms with van der Waals surface area (Å²) in [5, 5.41) is 10.6. The fourth-order valence-electron chi connectivity index (χ4n) is 1.39. The molecule has 0 aliphatic heterocycles. The summed E-state index contributed by atoms with van der Waals surface area (Å²) in [7, 11) is 0. The van der Waals surface area contributed by atoms with E-state index < -0.39 is 5.97 Å². The van der Waals surface area contributed by atoms with Crippen molar-refractivity contribution in [3.05, 3.63) is 21.9 Å². The van der Waals surface area contributed by atoms with E-state index in [-0.39, 0.29) is 6.42 Å². The molecule has 0 saturated heterocycles. The maximum atomic E-state index is 10.5. The van der Waals surface area contributed by atoms with Crippen LogP contribution in [0.4, 0.5) is 0 Å². The van der Waals surface area contributed by atoms with E-state index in [0.29, 0.717) is 5.92 Å². The van der Waals surface area contributed by atoms with Crippen LogP contribution in [0.1, 0.15) is 29.2 Å². The molecule has 64 valence electrons. The number of hydrogen-bond acceptors (Lipinski definition) is 2. The molecule has 1 aromatic heterocycles. The topological polar surface area (TPSA) is 37.3 Å². The third-order valence-corrected chi connectivity index (χ3v) is 3.05. The second kappa shape index (κ2) is 2.90. The molecule has 0 aromatic carbocycles. The van der Waals surface area contributed by atoms with Crippen LogP contribution in [0.5, 0.6) is 0 Å². The zero-order chi connectivity index (χ0) is 8.55. The van der Waals surface area contributed by atoms with E-state index in [1.807, 2.05) is 5.38 Å². The minimum Gasteiger partial charge on any atom is -0.481 e. The van der Waals surface area contributed by atoms with E-state index in [1.54, 1.807) is 11.3 Å². The normalized spacial score (nSPS) is 16.3. The number of carbonyl (C=O) groups is 1. The summed E-state index contributed by atoms with van der Waals surface area (Å²) < 4.78 is 0. The van der Waals surface area contributed by atoms with Crippen LogP contribution in [-0.4, -0.2) is 11.1 Å². The second-order valence-electron chi connectivity index (χ2n) is 3.14. The third kappa shape index (κ3) is 1.50. The summed E-state index contributed by atoms with van der Waals surface area (Å²) in [5.74, 6) is -0.0510. The van der Waals surface area contributed by atoms with E-state index >= 15 is 0 Å². The van der Waals surface area contributed by atoms with E-state index in [4.69, 9.17) is 5.11 Å². The highest BCUT2D eigenvalue weighted by Gasteiger charge is 2.26. The Morgan fingerprint density at radius 1 is 1.67 bits per heavy atom. The molecule has 2 rings (SSSR count). The van der Waals surface area contributed by atoms with Crippen molar-refractivity contribution < 1.29 is 9.90 Å². The van der Waals surface area contributed by atoms with Gasteiger partial charge in [-0.1, -0.05) is 0 Å². The van der Waals surface area contributed by atoms with Crippen LogP contribution in [0, 0.1) is 0 Å². The zero-order valence-electron chi connectivity index (χ0n) is 6.62. The number of carboxylic acid groups (broad SMARTS) is 1. The van der Waals surface area contributed by atoms with Crippen molar-refractivity contribution >= 4 is 17.3 Å². The largest absolute Gasteiger partial charge is 0.481 e. The molecule has 1 saturated carbocycles. The predicted octanol–water partition coefficient (Wildman–Crippen LogP) is 2.25. The monoisotopic (exact) mass is 182 g/mol. The van der Waals surface area contributed by atoms with Gasteiger partial charge in [0.25, 0.3) is 0 Å². The van der Waals surface area contributed by atoms with Crippen molar-refractivity contribution in [3.63, 3.8) is 0 Å². The smallest absolute Gasteiger partial charge is 0.308 e. The minimum atomic E-state index is -0.723. The van der Waals surface area contributed by atoms with Crippen molar-refractivity contribution in [2.24, 2.45) is 0 Å². The Bertz CT molecular complexity index is 299. The van der Waals surface area contributed by atoms with E-state index in [1.165, 1.54) is 18.4 Å². The quantitative estimate of drug-likeness (QED) is 0.778. The molecule has 1 aliphatic rings. The molecule has 0 unspecified atom stereocenters. The fraction of sp³-hybridized carbons (Fsp3) is 0.444. The number of thiophene rings is 1. The Morgan fingerprint density at radius 2 is 2.42 bits per heavy atom. The minimum absolute atomic E-state index is 0.198. The predicted molar refractivity (Wildman–Crippen MR) is 47.6 cm³/mol. The van der Waals surface area contributed by atoms with E-state index in [2.05, 4.69) is 6.07 Å². The summed E-state index contributed by atoms with van der Waals surface area (Å²) in [6, 6.07) is 2.07. The van der Waals surface area contributed by atoms with Gasteiger partial charge in [-0.25, -0.2) is 0 Å². The summed E-state index contributed by atoms with van der Waals surface area (Å²) in [6.45, 7) is 0. The Hall–Kier alpha value is -0.830. The van der Waals surface area contributed by atoms with Crippen LogP contribution in [0.15, 0.2) is 11.4 Å². The van der Waals surface area contributed by atoms with Crippen LogP contribution in [-0.2, 0) is 11.2 Å². The molecule has 12 heavy (non-hydrogen) atoms. The van der Waals surface area contributed by atoms with Gasteiger partial charge in [-0.05, 0) is 35.8 Å². The SMILES string of the molecule is O=C(O)Cc1sccc1C1CC1. The molecule has 1 aliphatic carbocycles. The van der Waals surface area contributed by atoms with Crippen molar-refractivity contribution in [2.75, 3.05) is 0 Å². The van der Waals surface area contributed by atoms with Gasteiger partial charge in [0.1, 0.15) is 0 Å². The summed E-state index contributed by atoms with van der Waals surface area (Å²) in [6.07, 6.45) is 2.68. The highest BCUT2D eigenvalue weighted by molar-refractivity contribution is 7.10. The molecule has 0 amide bonds. The first-order chi connectivity index (χ1) is 5.77. The first-order valence-corrected chi connectivity index (χ1v) is 4.93. The van der Waals surface area contributed by atoms with Gasteiger partial charge < -0.3 is 5.11 Å². The van der Waals surface area contributed by atoms with Gasteiger partial charge in [0, 0.05) is 4.88 Å². The van der Waals surface area contributed by atoms with Crippen molar-refractivity contribution in [2.45, 2.75) is 25.2 Å². The number of hydrogen-bond donors (Lipinski definition) is 1. The molecule has 1 N–H and O–H groups in total. The van der Waals surface area contributed by atoms with Crippen LogP contribution in [0.3, 0.4) is 0 Å². The average molecular weight is 182 g/mol. The Labute approximate surface area is 74.8 Å². The molecular weight excluding hydrogens is 172 g/mol. The van der Waals surface area contributed by atoms with Gasteiger partial charge in [0.15, 0.2) is 0 Å². The van der Waals surface area contributed by atoms with Crippen LogP contribution < -0.4 is 0 Å². The lowest BCUT2D eigenvalue weighted by molar-refractivity contribution is -0.136. The zero-order valence-corrected chi connectivity index (χ0v) is 7.43. The average Bonchev–Trinajstić information content (AvgIpc) is 2.73. The van der Waals surface area contributed by atoms with Gasteiger partial charge in [0.05, 0.1) is 6.42 Å². The molecule has 1 aromatic rings. The molecule has 3 heteroatoms. The van der Waals surface area contributed by atoms with Gasteiger partial charge >= 0.3 is 5.97 Å². The molecular formula is C9H10O2S. The van der Waals surface area contributed by atoms with Gasteiger partial charge in [-0.3, -0.25) is 4.79 Å². The van der Waals surface area contributed by atoms with E-state index in [0.717, 1.165) is 4.88 Å². The molecule has 1 heterocycles. The van der Waals surface area contributed by atoms with E-state index in [9.17, 15) is 4.79 Å². The summed E-state index contributed by atoms with van der Waals surface area (Å²) >= 11 is 1.57. The molecule has 0 bridgehead atoms. The summed E-state index contributed by atoms with van der Waals surface area (Å²) in [4.78, 5) is 11.5. The van der Waals surface area contributed by atoms with Crippen molar-refractivity contribution in [1.82, 2.24) is 0 Å². The highest BCUT2D eigenvalue weighted by Crippen LogP contribution is 2.43. The third-order valence-electron chi connectivity index (χ3n) is 2.11. The van der Waals surface area contributed by atoms with Gasteiger partial charge in [0.2, 0.25) is 0 Å². The molecule has 2 nitrogen and oxygen atoms in total. The highest BCUT2D eigenvalue weighted by atomic mass is 32.1. The lowest BCUT2D eigenvalue weighted by Gasteiger charge is -1.96.